The van der Waals surface area contributed by atoms with Gasteiger partial charge in [-0.2, -0.15) is 0 Å². The van der Waals surface area contributed by atoms with E-state index in [1.54, 1.807) is 27.7 Å². The van der Waals surface area contributed by atoms with Gasteiger partial charge < -0.3 is 24.3 Å². The van der Waals surface area contributed by atoms with Gasteiger partial charge in [-0.3, -0.25) is 4.79 Å². The zero-order chi connectivity index (χ0) is 19.4. The van der Waals surface area contributed by atoms with E-state index in [2.05, 4.69) is 15.5 Å². The van der Waals surface area contributed by atoms with Crippen molar-refractivity contribution in [3.05, 3.63) is 34.3 Å². The maximum absolute atomic E-state index is 12.4. The van der Waals surface area contributed by atoms with Crippen LogP contribution in [0, 0.1) is 20.8 Å². The van der Waals surface area contributed by atoms with Crippen LogP contribution in [-0.4, -0.2) is 40.7 Å². The van der Waals surface area contributed by atoms with Crippen molar-refractivity contribution in [3.63, 3.8) is 0 Å². The number of hydrogen-bond acceptors (Lipinski definition) is 7. The number of nitrogens with one attached hydrogen (secondary N) is 2. The van der Waals surface area contributed by atoms with Crippen LogP contribution in [0.4, 0.5) is 5.82 Å². The molecular weight excluding hydrogens is 342 g/mol. The third-order valence-corrected chi connectivity index (χ3v) is 3.65. The van der Waals surface area contributed by atoms with E-state index in [1.165, 1.54) is 13.0 Å². The number of H-pyrrole nitrogens is 1. The first-order valence-electron chi connectivity index (χ1n) is 8.06. The minimum Gasteiger partial charge on any atom is -0.462 e. The van der Waals surface area contributed by atoms with Gasteiger partial charge in [0.2, 0.25) is 0 Å². The lowest BCUT2D eigenvalue weighted by Crippen LogP contribution is -2.30. The minimum absolute atomic E-state index is 0.0995. The predicted octanol–water partition coefficient (Wildman–Crippen LogP) is 2.29. The van der Waals surface area contributed by atoms with Crippen molar-refractivity contribution >= 4 is 23.7 Å². The largest absolute Gasteiger partial charge is 0.462 e. The Hall–Kier alpha value is -3.10. The van der Waals surface area contributed by atoms with Crippen LogP contribution < -0.4 is 5.32 Å². The number of rotatable bonds is 6. The van der Waals surface area contributed by atoms with Crippen molar-refractivity contribution in [2.75, 3.05) is 11.9 Å². The first-order valence-corrected chi connectivity index (χ1v) is 8.06. The molecule has 0 aliphatic carbocycles. The molecule has 2 aromatic heterocycles. The molecule has 0 radical (unpaired) electrons. The van der Waals surface area contributed by atoms with Crippen molar-refractivity contribution in [2.24, 2.45) is 0 Å². The van der Waals surface area contributed by atoms with Crippen molar-refractivity contribution < 1.29 is 28.4 Å². The van der Waals surface area contributed by atoms with E-state index in [9.17, 15) is 14.4 Å². The molecule has 1 atom stereocenters. The monoisotopic (exact) mass is 363 g/mol. The minimum atomic E-state index is -1.08. The molecule has 0 saturated carbocycles. The summed E-state index contributed by atoms with van der Waals surface area (Å²) in [5.74, 6) is -1.07. The van der Waals surface area contributed by atoms with Crippen LogP contribution in [0.25, 0.3) is 0 Å². The molecule has 0 fully saturated rings. The maximum atomic E-state index is 12.4. The zero-order valence-electron chi connectivity index (χ0n) is 15.3. The SMILES string of the molecule is CCOC(=O)c1c(C)[nH]c(C(=O)OC(C)C(=O)Nc2cc(C)on2)c1C. The van der Waals surface area contributed by atoms with E-state index in [4.69, 9.17) is 14.0 Å². The molecule has 9 nitrogen and oxygen atoms in total. The van der Waals surface area contributed by atoms with Gasteiger partial charge in [-0.25, -0.2) is 9.59 Å². The van der Waals surface area contributed by atoms with Gasteiger partial charge in [0.25, 0.3) is 5.91 Å². The highest BCUT2D eigenvalue weighted by Crippen LogP contribution is 2.20. The number of nitrogens with zero attached hydrogens (tertiary/aromatic N) is 1. The zero-order valence-corrected chi connectivity index (χ0v) is 15.3. The number of anilines is 1. The molecule has 2 aromatic rings. The lowest BCUT2D eigenvalue weighted by atomic mass is 10.1. The molecular formula is C17H21N3O6. The first-order chi connectivity index (χ1) is 12.2. The van der Waals surface area contributed by atoms with Gasteiger partial charge in [0, 0.05) is 11.8 Å². The Kier molecular flexibility index (Phi) is 5.81. The van der Waals surface area contributed by atoms with Gasteiger partial charge in [-0.15, -0.1) is 0 Å². The van der Waals surface area contributed by atoms with E-state index in [0.717, 1.165) is 0 Å². The standard InChI is InChI=1S/C17H21N3O6/c1-6-24-16(22)13-9(3)14(18-10(13)4)17(23)25-11(5)15(21)19-12-7-8(2)26-20-12/h7,11,18H,6H2,1-5H3,(H,19,20,21). The summed E-state index contributed by atoms with van der Waals surface area (Å²) in [6, 6.07) is 1.54. The molecule has 140 valence electrons. The van der Waals surface area contributed by atoms with Gasteiger partial charge in [-0.1, -0.05) is 5.16 Å². The fraction of sp³-hybridized carbons (Fsp3) is 0.412. The average molecular weight is 363 g/mol. The second-order valence-corrected chi connectivity index (χ2v) is 5.71. The van der Waals surface area contributed by atoms with Crippen molar-refractivity contribution in [1.29, 1.82) is 0 Å². The van der Waals surface area contributed by atoms with Crippen molar-refractivity contribution in [3.8, 4) is 0 Å². The quantitative estimate of drug-likeness (QED) is 0.755. The van der Waals surface area contributed by atoms with E-state index >= 15 is 0 Å². The van der Waals surface area contributed by atoms with Gasteiger partial charge in [0.15, 0.2) is 11.9 Å². The highest BCUT2D eigenvalue weighted by Gasteiger charge is 2.26. The summed E-state index contributed by atoms with van der Waals surface area (Å²) in [6.45, 7) is 8.29. The summed E-state index contributed by atoms with van der Waals surface area (Å²) in [5, 5.41) is 6.12. The fourth-order valence-electron chi connectivity index (χ4n) is 2.39. The fourth-order valence-corrected chi connectivity index (χ4v) is 2.39. The van der Waals surface area contributed by atoms with Gasteiger partial charge >= 0.3 is 11.9 Å². The molecule has 0 aromatic carbocycles. The lowest BCUT2D eigenvalue weighted by Gasteiger charge is -2.12. The second-order valence-electron chi connectivity index (χ2n) is 5.71. The number of aromatic amines is 1. The summed E-state index contributed by atoms with van der Waals surface area (Å²) in [5.41, 5.74) is 1.28. The van der Waals surface area contributed by atoms with Crippen molar-refractivity contribution in [1.82, 2.24) is 10.1 Å². The number of carbonyl (C=O) groups excluding carboxylic acids is 3. The van der Waals surface area contributed by atoms with Crippen LogP contribution in [0.3, 0.4) is 0 Å². The Morgan fingerprint density at radius 2 is 1.96 bits per heavy atom. The molecule has 0 aliphatic rings. The van der Waals surface area contributed by atoms with Crippen LogP contribution in [0.15, 0.2) is 10.6 Å². The Balaban J connectivity index is 2.08. The number of carbonyl (C=O) groups is 3. The van der Waals surface area contributed by atoms with E-state index in [0.29, 0.717) is 17.0 Å². The highest BCUT2D eigenvalue weighted by atomic mass is 16.5. The van der Waals surface area contributed by atoms with E-state index < -0.39 is 23.9 Å². The third kappa shape index (κ3) is 4.11. The molecule has 1 unspecified atom stereocenters. The Labute approximate surface area is 150 Å². The molecule has 0 spiro atoms. The van der Waals surface area contributed by atoms with Gasteiger partial charge in [-0.05, 0) is 40.2 Å². The Morgan fingerprint density at radius 1 is 1.27 bits per heavy atom. The first kappa shape index (κ1) is 19.2. The van der Waals surface area contributed by atoms with E-state index in [1.807, 2.05) is 0 Å². The molecule has 2 rings (SSSR count). The molecule has 26 heavy (non-hydrogen) atoms. The number of aryl methyl sites for hydroxylation is 2. The average Bonchev–Trinajstić information content (AvgIpc) is 3.10. The number of aromatic nitrogens is 2. The smallest absolute Gasteiger partial charge is 0.355 e. The normalized spacial score (nSPS) is 11.7. The third-order valence-electron chi connectivity index (χ3n) is 3.65. The molecule has 2 heterocycles. The molecule has 0 aliphatic heterocycles. The predicted molar refractivity (Wildman–Crippen MR) is 91.0 cm³/mol. The molecule has 0 bridgehead atoms. The van der Waals surface area contributed by atoms with Gasteiger partial charge in [0.05, 0.1) is 12.2 Å². The van der Waals surface area contributed by atoms with Crippen LogP contribution in [0.5, 0.6) is 0 Å². The summed E-state index contributed by atoms with van der Waals surface area (Å²) < 4.78 is 15.0. The number of esters is 2. The molecule has 0 saturated heterocycles. The topological polar surface area (TPSA) is 124 Å². The summed E-state index contributed by atoms with van der Waals surface area (Å²) in [6.07, 6.45) is -1.08. The molecule has 1 amide bonds. The lowest BCUT2D eigenvalue weighted by molar-refractivity contribution is -0.123. The molecule has 2 N–H and O–H groups in total. The number of hydrogen-bond donors (Lipinski definition) is 2. The van der Waals surface area contributed by atoms with Crippen LogP contribution in [0.2, 0.25) is 0 Å². The van der Waals surface area contributed by atoms with E-state index in [-0.39, 0.29) is 23.7 Å². The Bertz CT molecular complexity index is 836. The summed E-state index contributed by atoms with van der Waals surface area (Å²) in [4.78, 5) is 39.2. The van der Waals surface area contributed by atoms with Crippen LogP contribution in [0.1, 0.15) is 51.7 Å². The van der Waals surface area contributed by atoms with Crippen molar-refractivity contribution in [2.45, 2.75) is 40.7 Å². The summed E-state index contributed by atoms with van der Waals surface area (Å²) in [7, 11) is 0. The van der Waals surface area contributed by atoms with Gasteiger partial charge in [0.1, 0.15) is 11.5 Å². The van der Waals surface area contributed by atoms with Crippen LogP contribution >= 0.6 is 0 Å². The molecule has 9 heteroatoms. The highest BCUT2D eigenvalue weighted by molar-refractivity contribution is 6.00. The maximum Gasteiger partial charge on any atom is 0.355 e. The number of ether oxygens (including phenoxy) is 2. The number of amides is 1. The summed E-state index contributed by atoms with van der Waals surface area (Å²) >= 11 is 0. The van der Waals surface area contributed by atoms with Crippen LogP contribution in [-0.2, 0) is 14.3 Å². The second kappa shape index (κ2) is 7.85. The Morgan fingerprint density at radius 3 is 2.54 bits per heavy atom.